The number of nitrogen functional groups attached to an aromatic ring is 2. The summed E-state index contributed by atoms with van der Waals surface area (Å²) in [5, 5.41) is 0.749. The molecule has 0 aliphatic carbocycles. The lowest BCUT2D eigenvalue weighted by atomic mass is 10.1. The summed E-state index contributed by atoms with van der Waals surface area (Å²) in [6, 6.07) is 8.52. The zero-order valence-corrected chi connectivity index (χ0v) is 13.7. The van der Waals surface area contributed by atoms with E-state index < -0.39 is 0 Å². The normalized spacial score (nSPS) is 11.0. The highest BCUT2D eigenvalue weighted by Gasteiger charge is 2.08. The number of unbranched alkanes of at least 4 members (excludes halogenated alkanes) is 1. The molecule has 2 heterocycles. The standard InChI is InChI=1S/C16H18N6S/c1-2-3-4-10-5-7-11(8-6-10)23-12-9-19-15-13(20-12)14(17)21-16(18)22-15/h5-9H,2-4H2,1H3,(H4,17,18,19,21,22). The van der Waals surface area contributed by atoms with E-state index in [1.165, 1.54) is 30.2 Å². The lowest BCUT2D eigenvalue weighted by molar-refractivity contribution is 0.794. The largest absolute Gasteiger partial charge is 0.382 e. The van der Waals surface area contributed by atoms with Crippen molar-refractivity contribution in [1.82, 2.24) is 19.9 Å². The molecule has 0 fully saturated rings. The Kier molecular flexibility index (Phi) is 4.57. The summed E-state index contributed by atoms with van der Waals surface area (Å²) in [7, 11) is 0. The third kappa shape index (κ3) is 3.68. The van der Waals surface area contributed by atoms with Crippen LogP contribution in [0.1, 0.15) is 25.3 Å². The molecule has 3 aromatic rings. The Hall–Kier alpha value is -2.41. The molecule has 0 bridgehead atoms. The zero-order valence-electron chi connectivity index (χ0n) is 12.9. The van der Waals surface area contributed by atoms with E-state index >= 15 is 0 Å². The minimum atomic E-state index is 0.104. The van der Waals surface area contributed by atoms with Gasteiger partial charge in [0.2, 0.25) is 5.95 Å². The lowest BCUT2D eigenvalue weighted by Crippen LogP contribution is -2.03. The minimum absolute atomic E-state index is 0.104. The van der Waals surface area contributed by atoms with Crippen LogP contribution in [0.15, 0.2) is 40.4 Å². The molecule has 7 heteroatoms. The van der Waals surface area contributed by atoms with Gasteiger partial charge in [0.25, 0.3) is 0 Å². The van der Waals surface area contributed by atoms with Crippen LogP contribution in [-0.2, 0) is 6.42 Å². The van der Waals surface area contributed by atoms with Crippen LogP contribution >= 0.6 is 11.8 Å². The van der Waals surface area contributed by atoms with Gasteiger partial charge in [-0.3, -0.25) is 0 Å². The average Bonchev–Trinajstić information content (AvgIpc) is 2.55. The summed E-state index contributed by atoms with van der Waals surface area (Å²) in [5.74, 6) is 0.352. The van der Waals surface area contributed by atoms with E-state index in [0.29, 0.717) is 11.2 Å². The van der Waals surface area contributed by atoms with Crippen molar-refractivity contribution in [3.63, 3.8) is 0 Å². The van der Waals surface area contributed by atoms with E-state index in [-0.39, 0.29) is 11.8 Å². The van der Waals surface area contributed by atoms with E-state index in [1.807, 2.05) is 0 Å². The predicted octanol–water partition coefficient (Wildman–Crippen LogP) is 3.08. The van der Waals surface area contributed by atoms with Gasteiger partial charge in [0.05, 0.1) is 6.20 Å². The highest BCUT2D eigenvalue weighted by molar-refractivity contribution is 7.99. The first-order valence-electron chi connectivity index (χ1n) is 7.48. The predicted molar refractivity (Wildman–Crippen MR) is 93.1 cm³/mol. The van der Waals surface area contributed by atoms with Gasteiger partial charge in [-0.25, -0.2) is 9.97 Å². The number of hydrogen-bond donors (Lipinski definition) is 2. The Morgan fingerprint density at radius 2 is 1.83 bits per heavy atom. The van der Waals surface area contributed by atoms with Gasteiger partial charge in [0.15, 0.2) is 17.0 Å². The summed E-state index contributed by atoms with van der Waals surface area (Å²) < 4.78 is 0. The first-order valence-corrected chi connectivity index (χ1v) is 8.30. The topological polar surface area (TPSA) is 104 Å². The molecule has 4 N–H and O–H groups in total. The fraction of sp³-hybridized carbons (Fsp3) is 0.250. The summed E-state index contributed by atoms with van der Waals surface area (Å²) in [5.41, 5.74) is 13.6. The summed E-state index contributed by atoms with van der Waals surface area (Å²) in [4.78, 5) is 17.8. The number of benzene rings is 1. The molecule has 0 amide bonds. The number of nitrogens with zero attached hydrogens (tertiary/aromatic N) is 4. The van der Waals surface area contributed by atoms with Gasteiger partial charge >= 0.3 is 0 Å². The van der Waals surface area contributed by atoms with Crippen molar-refractivity contribution in [3.8, 4) is 0 Å². The van der Waals surface area contributed by atoms with Crippen LogP contribution in [0, 0.1) is 0 Å². The maximum Gasteiger partial charge on any atom is 0.224 e. The Labute approximate surface area is 138 Å². The Morgan fingerprint density at radius 3 is 2.57 bits per heavy atom. The average molecular weight is 326 g/mol. The fourth-order valence-corrected chi connectivity index (χ4v) is 2.96. The van der Waals surface area contributed by atoms with Gasteiger partial charge in [-0.05, 0) is 30.5 Å². The van der Waals surface area contributed by atoms with Crippen molar-refractivity contribution in [2.75, 3.05) is 11.5 Å². The molecule has 23 heavy (non-hydrogen) atoms. The molecule has 2 aromatic heterocycles. The highest BCUT2D eigenvalue weighted by atomic mass is 32.2. The molecular weight excluding hydrogens is 308 g/mol. The maximum absolute atomic E-state index is 5.84. The van der Waals surface area contributed by atoms with Gasteiger partial charge in [0, 0.05) is 4.90 Å². The molecule has 6 nitrogen and oxygen atoms in total. The van der Waals surface area contributed by atoms with Gasteiger partial charge in [-0.1, -0.05) is 37.2 Å². The number of nitrogens with two attached hydrogens (primary N) is 2. The van der Waals surface area contributed by atoms with E-state index in [1.54, 1.807) is 6.20 Å². The monoisotopic (exact) mass is 326 g/mol. The van der Waals surface area contributed by atoms with Crippen LogP contribution in [0.4, 0.5) is 11.8 Å². The van der Waals surface area contributed by atoms with Crippen molar-refractivity contribution in [3.05, 3.63) is 36.0 Å². The third-order valence-corrected chi connectivity index (χ3v) is 4.31. The van der Waals surface area contributed by atoms with Crippen molar-refractivity contribution >= 4 is 34.7 Å². The van der Waals surface area contributed by atoms with Gasteiger partial charge in [-0.2, -0.15) is 9.97 Å². The van der Waals surface area contributed by atoms with Crippen LogP contribution in [0.3, 0.4) is 0 Å². The van der Waals surface area contributed by atoms with Gasteiger partial charge < -0.3 is 11.5 Å². The Morgan fingerprint density at radius 1 is 1.04 bits per heavy atom. The molecule has 0 saturated heterocycles. The number of rotatable bonds is 5. The summed E-state index contributed by atoms with van der Waals surface area (Å²) >= 11 is 1.53. The maximum atomic E-state index is 5.84. The highest BCUT2D eigenvalue weighted by Crippen LogP contribution is 2.27. The molecule has 118 valence electrons. The van der Waals surface area contributed by atoms with Gasteiger partial charge in [0.1, 0.15) is 5.03 Å². The molecule has 1 aromatic carbocycles. The second kappa shape index (κ2) is 6.78. The van der Waals surface area contributed by atoms with Gasteiger partial charge in [-0.15, -0.1) is 0 Å². The van der Waals surface area contributed by atoms with E-state index in [2.05, 4.69) is 51.1 Å². The number of anilines is 2. The van der Waals surface area contributed by atoms with Crippen LogP contribution in [0.2, 0.25) is 0 Å². The second-order valence-corrected chi connectivity index (χ2v) is 6.29. The molecule has 0 saturated carbocycles. The summed E-state index contributed by atoms with van der Waals surface area (Å²) in [6.07, 6.45) is 5.21. The first-order chi connectivity index (χ1) is 11.2. The lowest BCUT2D eigenvalue weighted by Gasteiger charge is -2.05. The van der Waals surface area contributed by atoms with Crippen molar-refractivity contribution in [2.24, 2.45) is 0 Å². The van der Waals surface area contributed by atoms with Crippen molar-refractivity contribution in [1.29, 1.82) is 0 Å². The first kappa shape index (κ1) is 15.5. The van der Waals surface area contributed by atoms with E-state index in [9.17, 15) is 0 Å². The number of fused-ring (bicyclic) bond motifs is 1. The number of aromatic nitrogens is 4. The van der Waals surface area contributed by atoms with Crippen LogP contribution in [-0.4, -0.2) is 19.9 Å². The molecule has 0 radical (unpaired) electrons. The molecule has 0 aliphatic heterocycles. The minimum Gasteiger partial charge on any atom is -0.382 e. The Balaban J connectivity index is 1.81. The van der Waals surface area contributed by atoms with Crippen LogP contribution in [0.25, 0.3) is 11.2 Å². The molecular formula is C16H18N6S. The zero-order chi connectivity index (χ0) is 16.2. The van der Waals surface area contributed by atoms with E-state index in [0.717, 1.165) is 16.3 Å². The fourth-order valence-electron chi connectivity index (χ4n) is 2.21. The molecule has 0 aliphatic rings. The van der Waals surface area contributed by atoms with Crippen LogP contribution < -0.4 is 11.5 Å². The quantitative estimate of drug-likeness (QED) is 0.742. The Bertz CT molecular complexity index is 819. The SMILES string of the molecule is CCCCc1ccc(Sc2cnc3nc(N)nc(N)c3n2)cc1. The molecule has 0 atom stereocenters. The third-order valence-electron chi connectivity index (χ3n) is 3.39. The van der Waals surface area contributed by atoms with E-state index in [4.69, 9.17) is 11.5 Å². The van der Waals surface area contributed by atoms with Crippen LogP contribution in [0.5, 0.6) is 0 Å². The molecule has 0 unspecified atom stereocenters. The number of hydrogen-bond acceptors (Lipinski definition) is 7. The van der Waals surface area contributed by atoms with Crippen molar-refractivity contribution < 1.29 is 0 Å². The summed E-state index contributed by atoms with van der Waals surface area (Å²) in [6.45, 7) is 2.20. The number of aryl methyl sites for hydroxylation is 1. The second-order valence-electron chi connectivity index (χ2n) is 5.20. The smallest absolute Gasteiger partial charge is 0.224 e. The van der Waals surface area contributed by atoms with Crippen molar-refractivity contribution in [2.45, 2.75) is 36.1 Å². The molecule has 3 rings (SSSR count). The molecule has 0 spiro atoms.